The molecule has 2 fully saturated rings. The second-order valence-corrected chi connectivity index (χ2v) is 18.3. The van der Waals surface area contributed by atoms with Gasteiger partial charge in [0, 0.05) is 13.0 Å². The van der Waals surface area contributed by atoms with Crippen LogP contribution in [0.4, 0.5) is 0 Å². The Balaban J connectivity index is 1.75. The molecule has 2 aliphatic heterocycles. The van der Waals surface area contributed by atoms with E-state index < -0.39 is 86.7 Å². The van der Waals surface area contributed by atoms with Crippen LogP contribution >= 0.6 is 0 Å². The van der Waals surface area contributed by atoms with Crippen LogP contribution in [0.3, 0.4) is 0 Å². The molecule has 11 unspecified atom stereocenters. The van der Waals surface area contributed by atoms with Crippen molar-refractivity contribution in [3.8, 4) is 0 Å². The molecule has 2 heterocycles. The SMILES string of the molecule is CC/C=C\C/C=C\C/C=C\C/C=C\C/C=C\CCCCCCCCCC(=O)OC(COCCCCCC/C=C\C/C=C\C/C=C\CC)COC1OC(COC2OC(CO)C(O)C(O)C2O)C(O)C(O)C1O. The molecule has 2 rings (SSSR count). The molecule has 11 atom stereocenters. The van der Waals surface area contributed by atoms with E-state index in [1.807, 2.05) is 0 Å². The molecule has 2 aliphatic rings. The van der Waals surface area contributed by atoms with E-state index in [-0.39, 0.29) is 19.6 Å². The molecule has 0 bridgehead atoms. The third-order valence-electron chi connectivity index (χ3n) is 12.1. The van der Waals surface area contributed by atoms with Crippen molar-refractivity contribution in [2.24, 2.45) is 0 Å². The zero-order valence-electron chi connectivity index (χ0n) is 43.2. The maximum absolute atomic E-state index is 13.0. The summed E-state index contributed by atoms with van der Waals surface area (Å²) < 4.78 is 34.3. The molecule has 0 radical (unpaired) electrons. The number of unbranched alkanes of at least 4 members (excludes halogenated alkanes) is 11. The van der Waals surface area contributed by atoms with E-state index in [2.05, 4.69) is 111 Å². The lowest BCUT2D eigenvalue weighted by Gasteiger charge is -2.42. The molecule has 0 aromatic carbocycles. The number of ether oxygens (including phenoxy) is 6. The highest BCUT2D eigenvalue weighted by atomic mass is 16.7. The highest BCUT2D eigenvalue weighted by Crippen LogP contribution is 2.26. The van der Waals surface area contributed by atoms with Crippen molar-refractivity contribution in [1.29, 1.82) is 0 Å². The Kier molecular flexibility index (Phi) is 39.1. The minimum absolute atomic E-state index is 0.0352. The summed E-state index contributed by atoms with van der Waals surface area (Å²) in [6, 6.07) is 0. The van der Waals surface area contributed by atoms with Crippen LogP contribution in [0.25, 0.3) is 0 Å². The number of hydrogen-bond acceptors (Lipinski definition) is 14. The van der Waals surface area contributed by atoms with Crippen molar-refractivity contribution in [2.75, 3.05) is 33.0 Å². The predicted molar refractivity (Wildman–Crippen MR) is 279 cm³/mol. The minimum Gasteiger partial charge on any atom is -0.457 e. The van der Waals surface area contributed by atoms with Crippen LogP contribution in [-0.2, 0) is 33.2 Å². The molecular weight excluding hydrogens is 909 g/mol. The molecule has 0 aromatic heterocycles. The third kappa shape index (κ3) is 30.6. The van der Waals surface area contributed by atoms with Gasteiger partial charge in [-0.15, -0.1) is 0 Å². The van der Waals surface area contributed by atoms with Crippen molar-refractivity contribution < 1.29 is 69.0 Å². The zero-order chi connectivity index (χ0) is 51.6. The van der Waals surface area contributed by atoms with Gasteiger partial charge in [0.15, 0.2) is 12.6 Å². The molecule has 406 valence electrons. The second kappa shape index (κ2) is 43.3. The summed E-state index contributed by atoms with van der Waals surface area (Å²) in [7, 11) is 0. The first-order valence-corrected chi connectivity index (χ1v) is 26.8. The van der Waals surface area contributed by atoms with Gasteiger partial charge >= 0.3 is 5.97 Å². The first-order chi connectivity index (χ1) is 34.6. The maximum Gasteiger partial charge on any atom is 0.306 e. The van der Waals surface area contributed by atoms with Crippen molar-refractivity contribution >= 4 is 5.97 Å². The fraction of sp³-hybridized carbons (Fsp3) is 0.702. The normalized spacial score (nSPS) is 26.1. The Labute approximate surface area is 426 Å². The number of carbonyl (C=O) groups excluding carboxylic acids is 1. The van der Waals surface area contributed by atoms with E-state index >= 15 is 0 Å². The summed E-state index contributed by atoms with van der Waals surface area (Å²) in [5.74, 6) is -0.400. The van der Waals surface area contributed by atoms with Crippen LogP contribution in [0.5, 0.6) is 0 Å². The fourth-order valence-electron chi connectivity index (χ4n) is 7.80. The molecule has 2 saturated heterocycles. The van der Waals surface area contributed by atoms with Gasteiger partial charge in [-0.2, -0.15) is 0 Å². The number of hydrogen-bond donors (Lipinski definition) is 7. The van der Waals surface area contributed by atoms with E-state index in [0.29, 0.717) is 13.0 Å². The van der Waals surface area contributed by atoms with Gasteiger partial charge in [0.05, 0.1) is 26.4 Å². The number of aliphatic hydroxyl groups is 7. The first-order valence-electron chi connectivity index (χ1n) is 26.8. The summed E-state index contributed by atoms with van der Waals surface area (Å²) in [5.41, 5.74) is 0. The molecule has 0 amide bonds. The maximum atomic E-state index is 13.0. The average molecular weight is 1000 g/mol. The number of allylic oxidation sites excluding steroid dienone is 16. The van der Waals surface area contributed by atoms with Gasteiger partial charge in [-0.3, -0.25) is 4.79 Å². The van der Waals surface area contributed by atoms with Crippen LogP contribution in [0.1, 0.15) is 155 Å². The monoisotopic (exact) mass is 1000 g/mol. The van der Waals surface area contributed by atoms with E-state index in [1.54, 1.807) is 0 Å². The van der Waals surface area contributed by atoms with Gasteiger partial charge in [-0.1, -0.05) is 156 Å². The number of esters is 1. The zero-order valence-corrected chi connectivity index (χ0v) is 43.2. The molecule has 14 heteroatoms. The van der Waals surface area contributed by atoms with Crippen LogP contribution < -0.4 is 0 Å². The Hall–Kier alpha value is -3.09. The minimum atomic E-state index is -1.72. The van der Waals surface area contributed by atoms with Crippen LogP contribution in [-0.4, -0.2) is 142 Å². The molecule has 0 spiro atoms. The van der Waals surface area contributed by atoms with Gasteiger partial charge in [0.25, 0.3) is 0 Å². The summed E-state index contributed by atoms with van der Waals surface area (Å²) in [4.78, 5) is 13.0. The third-order valence-corrected chi connectivity index (χ3v) is 12.1. The fourth-order valence-corrected chi connectivity index (χ4v) is 7.80. The number of aliphatic hydroxyl groups excluding tert-OH is 7. The summed E-state index contributed by atoms with van der Waals surface area (Å²) in [5, 5.41) is 72.2. The molecule has 0 aliphatic carbocycles. The molecule has 0 saturated carbocycles. The van der Waals surface area contributed by atoms with Crippen molar-refractivity contribution in [2.45, 2.75) is 223 Å². The highest BCUT2D eigenvalue weighted by molar-refractivity contribution is 5.69. The molecular formula is C57H94O14. The summed E-state index contributed by atoms with van der Waals surface area (Å²) >= 11 is 0. The molecule has 0 aromatic rings. The summed E-state index contributed by atoms with van der Waals surface area (Å²) in [6.07, 6.45) is 40.4. The average Bonchev–Trinajstić information content (AvgIpc) is 3.37. The van der Waals surface area contributed by atoms with Crippen LogP contribution in [0.15, 0.2) is 97.2 Å². The predicted octanol–water partition coefficient (Wildman–Crippen LogP) is 8.63. The van der Waals surface area contributed by atoms with Gasteiger partial charge in [0.2, 0.25) is 0 Å². The van der Waals surface area contributed by atoms with Crippen molar-refractivity contribution in [3.63, 3.8) is 0 Å². The van der Waals surface area contributed by atoms with Gasteiger partial charge in [-0.05, 0) is 89.9 Å². The van der Waals surface area contributed by atoms with Crippen molar-refractivity contribution in [1.82, 2.24) is 0 Å². The van der Waals surface area contributed by atoms with Gasteiger partial charge < -0.3 is 64.2 Å². The summed E-state index contributed by atoms with van der Waals surface area (Å²) in [6.45, 7) is 3.36. The molecule has 14 nitrogen and oxygen atoms in total. The molecule has 7 N–H and O–H groups in total. The Morgan fingerprint density at radius 3 is 1.37 bits per heavy atom. The lowest BCUT2D eigenvalue weighted by molar-refractivity contribution is -0.332. The second-order valence-electron chi connectivity index (χ2n) is 18.3. The van der Waals surface area contributed by atoms with Gasteiger partial charge in [-0.25, -0.2) is 0 Å². The van der Waals surface area contributed by atoms with Crippen LogP contribution in [0.2, 0.25) is 0 Å². The smallest absolute Gasteiger partial charge is 0.306 e. The lowest BCUT2D eigenvalue weighted by atomic mass is 9.98. The molecule has 71 heavy (non-hydrogen) atoms. The van der Waals surface area contributed by atoms with Gasteiger partial charge in [0.1, 0.15) is 54.9 Å². The Morgan fingerprint density at radius 1 is 0.465 bits per heavy atom. The van der Waals surface area contributed by atoms with E-state index in [1.165, 1.54) is 6.42 Å². The van der Waals surface area contributed by atoms with E-state index in [9.17, 15) is 40.5 Å². The highest BCUT2D eigenvalue weighted by Gasteiger charge is 2.47. The lowest BCUT2D eigenvalue weighted by Crippen LogP contribution is -2.61. The standard InChI is InChI=1S/C57H94O14/c1-3-5-7-9-11-13-15-17-19-20-21-22-23-24-25-26-27-28-30-32-34-36-38-40-49(59)69-46(43-66-41-39-37-35-33-31-29-18-16-14-12-10-8-6-4-2)44-67-56-55(65)53(63)51(61)48(71-56)45-68-57-54(64)52(62)50(60)47(42-58)70-57/h5-8,11-14,17-19,21-22,24-25,29,46-48,50-58,60-65H,3-4,9-10,15-16,20,23,26-28,30-45H2,1-2H3/b7-5-,8-6-,13-11-,14-12-,19-17-,22-21-,25-24-,29-18-. The largest absolute Gasteiger partial charge is 0.457 e. The van der Waals surface area contributed by atoms with Crippen LogP contribution in [0, 0.1) is 0 Å². The topological polar surface area (TPSA) is 214 Å². The first kappa shape index (κ1) is 64.0. The number of carbonyl (C=O) groups is 1. The quantitative estimate of drug-likeness (QED) is 0.0174. The number of rotatable bonds is 41. The Morgan fingerprint density at radius 2 is 0.873 bits per heavy atom. The van der Waals surface area contributed by atoms with Crippen molar-refractivity contribution in [3.05, 3.63) is 97.2 Å². The van der Waals surface area contributed by atoms with E-state index in [0.717, 1.165) is 122 Å². The Bertz CT molecular complexity index is 1540. The van der Waals surface area contributed by atoms with E-state index in [4.69, 9.17) is 28.4 Å².